The molecule has 2 heterocycles. The molecule has 0 aliphatic carbocycles. The van der Waals surface area contributed by atoms with Crippen molar-refractivity contribution in [2.24, 2.45) is 0 Å². The lowest BCUT2D eigenvalue weighted by atomic mass is 10.0. The highest BCUT2D eigenvalue weighted by atomic mass is 16.5. The largest absolute Gasteiger partial charge is 0.399 e. The molecule has 1 amide bonds. The van der Waals surface area contributed by atoms with Gasteiger partial charge in [-0.3, -0.25) is 4.79 Å². The fourth-order valence-electron chi connectivity index (χ4n) is 3.64. The lowest BCUT2D eigenvalue weighted by Crippen LogP contribution is -2.52. The normalized spacial score (nSPS) is 19.5. The number of anilines is 2. The van der Waals surface area contributed by atoms with Gasteiger partial charge in [0, 0.05) is 24.3 Å². The summed E-state index contributed by atoms with van der Waals surface area (Å²) in [6, 6.07) is 5.83. The van der Waals surface area contributed by atoms with Crippen molar-refractivity contribution in [3.05, 3.63) is 23.8 Å². The molecule has 0 saturated carbocycles. The van der Waals surface area contributed by atoms with Gasteiger partial charge in [0.2, 0.25) is 0 Å². The lowest BCUT2D eigenvalue weighted by Gasteiger charge is -2.37. The number of fused-ring (bicyclic) bond motifs is 1. The van der Waals surface area contributed by atoms with Crippen LogP contribution in [0.3, 0.4) is 0 Å². The molecule has 2 aliphatic rings. The first-order chi connectivity index (χ1) is 12.1. The van der Waals surface area contributed by atoms with Crippen molar-refractivity contribution in [2.75, 3.05) is 70.3 Å². The topological polar surface area (TPSA) is 64.8 Å². The number of morpholine rings is 1. The molecule has 1 aromatic rings. The van der Waals surface area contributed by atoms with Gasteiger partial charge in [-0.25, -0.2) is 0 Å². The molecule has 3 rings (SSSR count). The van der Waals surface area contributed by atoms with Crippen molar-refractivity contribution >= 4 is 17.3 Å². The van der Waals surface area contributed by atoms with Gasteiger partial charge in [-0.1, -0.05) is 6.07 Å². The smallest absolute Gasteiger partial charge is 0.252 e. The van der Waals surface area contributed by atoms with Gasteiger partial charge in [-0.05, 0) is 30.5 Å². The number of nitrogen functional groups attached to an aromatic ring is 1. The van der Waals surface area contributed by atoms with Gasteiger partial charge >= 0.3 is 0 Å². The summed E-state index contributed by atoms with van der Waals surface area (Å²) < 4.78 is 12.1. The fourth-order valence-corrected chi connectivity index (χ4v) is 3.64. The fraction of sp³-hybridized carbons (Fsp3) is 0.632. The summed E-state index contributed by atoms with van der Waals surface area (Å²) >= 11 is 0. The van der Waals surface area contributed by atoms with Crippen molar-refractivity contribution in [3.8, 4) is 0 Å². The second-order valence-corrected chi connectivity index (χ2v) is 7.35. The van der Waals surface area contributed by atoms with Gasteiger partial charge in [-0.2, -0.15) is 0 Å². The first-order valence-corrected chi connectivity index (χ1v) is 9.25. The molecule has 1 fully saturated rings. The Labute approximate surface area is 150 Å². The number of hydrogen-bond donors (Lipinski definition) is 1. The lowest BCUT2D eigenvalue weighted by molar-refractivity contribution is -0.917. The maximum atomic E-state index is 12.5. The van der Waals surface area contributed by atoms with Crippen LogP contribution in [-0.4, -0.2) is 70.0 Å². The number of ether oxygens (including phenoxy) is 2. The zero-order valence-corrected chi connectivity index (χ0v) is 15.2. The van der Waals surface area contributed by atoms with E-state index in [4.69, 9.17) is 15.2 Å². The molecule has 0 aromatic heterocycles. The van der Waals surface area contributed by atoms with E-state index in [2.05, 4.69) is 7.05 Å². The van der Waals surface area contributed by atoms with Gasteiger partial charge in [-0.15, -0.1) is 0 Å². The second kappa shape index (κ2) is 8.17. The zero-order chi connectivity index (χ0) is 17.7. The standard InChI is InChI=1S/C19H30N3O3/c1-22(9-12-24-13-10-22)8-3-11-25-15-19(23)21-7-2-4-16-5-6-17(20)14-18(16)21/h5-6,14H,2-4,7-13,15,20H2,1H3/q+1. The number of carbonyl (C=O) groups is 1. The highest BCUT2D eigenvalue weighted by Gasteiger charge is 2.25. The summed E-state index contributed by atoms with van der Waals surface area (Å²) in [4.78, 5) is 14.4. The number of amides is 1. The van der Waals surface area contributed by atoms with Gasteiger partial charge in [0.1, 0.15) is 19.7 Å². The Morgan fingerprint density at radius 1 is 1.36 bits per heavy atom. The number of carbonyl (C=O) groups excluding carboxylic acids is 1. The molecule has 6 heteroatoms. The molecule has 0 unspecified atom stereocenters. The predicted octanol–water partition coefficient (Wildman–Crippen LogP) is 1.43. The third kappa shape index (κ3) is 4.71. The molecule has 0 spiro atoms. The van der Waals surface area contributed by atoms with E-state index in [1.54, 1.807) is 0 Å². The Morgan fingerprint density at radius 2 is 2.16 bits per heavy atom. The van der Waals surface area contributed by atoms with Crippen LogP contribution < -0.4 is 10.6 Å². The van der Waals surface area contributed by atoms with E-state index in [9.17, 15) is 4.79 Å². The molecule has 1 aromatic carbocycles. The number of benzene rings is 1. The Kier molecular flexibility index (Phi) is 5.93. The molecule has 2 N–H and O–H groups in total. The molecule has 25 heavy (non-hydrogen) atoms. The zero-order valence-electron chi connectivity index (χ0n) is 15.2. The number of aryl methyl sites for hydroxylation is 1. The van der Waals surface area contributed by atoms with Gasteiger partial charge < -0.3 is 24.6 Å². The second-order valence-electron chi connectivity index (χ2n) is 7.35. The Hall–Kier alpha value is -1.63. The maximum Gasteiger partial charge on any atom is 0.252 e. The van der Waals surface area contributed by atoms with Crippen LogP contribution in [0.15, 0.2) is 18.2 Å². The van der Waals surface area contributed by atoms with Crippen molar-refractivity contribution < 1.29 is 18.8 Å². The third-order valence-corrected chi connectivity index (χ3v) is 5.29. The van der Waals surface area contributed by atoms with Crippen LogP contribution in [0, 0.1) is 0 Å². The molecule has 0 radical (unpaired) electrons. The van der Waals surface area contributed by atoms with E-state index in [0.717, 1.165) is 68.8 Å². The van der Waals surface area contributed by atoms with Crippen molar-refractivity contribution in [2.45, 2.75) is 19.3 Å². The summed E-state index contributed by atoms with van der Waals surface area (Å²) in [5.41, 5.74) is 8.73. The van der Waals surface area contributed by atoms with E-state index in [-0.39, 0.29) is 12.5 Å². The van der Waals surface area contributed by atoms with Crippen LogP contribution >= 0.6 is 0 Å². The van der Waals surface area contributed by atoms with Crippen LogP contribution in [0.5, 0.6) is 0 Å². The number of rotatable bonds is 6. The third-order valence-electron chi connectivity index (χ3n) is 5.29. The molecule has 6 nitrogen and oxygen atoms in total. The number of nitrogens with two attached hydrogens (primary N) is 1. The summed E-state index contributed by atoms with van der Waals surface area (Å²) in [7, 11) is 2.27. The van der Waals surface area contributed by atoms with Gasteiger partial charge in [0.05, 0.1) is 33.4 Å². The van der Waals surface area contributed by atoms with E-state index >= 15 is 0 Å². The summed E-state index contributed by atoms with van der Waals surface area (Å²) in [6.07, 6.45) is 2.95. The molecule has 0 atom stereocenters. The van der Waals surface area contributed by atoms with Crippen LogP contribution in [0.2, 0.25) is 0 Å². The van der Waals surface area contributed by atoms with Crippen LogP contribution in [0.25, 0.3) is 0 Å². The summed E-state index contributed by atoms with van der Waals surface area (Å²) in [6.45, 7) is 6.38. The molecular weight excluding hydrogens is 318 g/mol. The molecule has 1 saturated heterocycles. The molecule has 138 valence electrons. The van der Waals surface area contributed by atoms with Crippen molar-refractivity contribution in [1.29, 1.82) is 0 Å². The average Bonchev–Trinajstić information content (AvgIpc) is 2.61. The molecule has 2 aliphatic heterocycles. The van der Waals surface area contributed by atoms with E-state index < -0.39 is 0 Å². The quantitative estimate of drug-likeness (QED) is 0.480. The minimum Gasteiger partial charge on any atom is -0.399 e. The number of likely N-dealkylation sites (N-methyl/N-ethyl adjacent to an activating group) is 1. The first kappa shape index (κ1) is 18.2. The predicted molar refractivity (Wildman–Crippen MR) is 98.6 cm³/mol. The van der Waals surface area contributed by atoms with Gasteiger partial charge in [0.25, 0.3) is 5.91 Å². The highest BCUT2D eigenvalue weighted by Crippen LogP contribution is 2.29. The first-order valence-electron chi connectivity index (χ1n) is 9.25. The average molecular weight is 348 g/mol. The molecular formula is C19H30N3O3+. The monoisotopic (exact) mass is 348 g/mol. The number of nitrogens with zero attached hydrogens (tertiary/aromatic N) is 2. The Bertz CT molecular complexity index is 600. The summed E-state index contributed by atoms with van der Waals surface area (Å²) in [5.74, 6) is 0.0262. The van der Waals surface area contributed by atoms with Gasteiger partial charge in [0.15, 0.2) is 0 Å². The minimum absolute atomic E-state index is 0.0262. The Balaban J connectivity index is 1.44. The Morgan fingerprint density at radius 3 is 2.96 bits per heavy atom. The van der Waals surface area contributed by atoms with Crippen LogP contribution in [0.1, 0.15) is 18.4 Å². The van der Waals surface area contributed by atoms with Crippen molar-refractivity contribution in [1.82, 2.24) is 0 Å². The maximum absolute atomic E-state index is 12.5. The molecule has 0 bridgehead atoms. The highest BCUT2D eigenvalue weighted by molar-refractivity contribution is 5.96. The van der Waals surface area contributed by atoms with Crippen LogP contribution in [-0.2, 0) is 20.7 Å². The van der Waals surface area contributed by atoms with E-state index in [0.29, 0.717) is 12.3 Å². The van der Waals surface area contributed by atoms with Crippen molar-refractivity contribution in [3.63, 3.8) is 0 Å². The number of hydrogen-bond acceptors (Lipinski definition) is 4. The summed E-state index contributed by atoms with van der Waals surface area (Å²) in [5, 5.41) is 0. The number of quaternary nitrogens is 1. The van der Waals surface area contributed by atoms with E-state index in [1.807, 2.05) is 23.1 Å². The van der Waals surface area contributed by atoms with E-state index in [1.165, 1.54) is 5.56 Å². The van der Waals surface area contributed by atoms with Crippen LogP contribution in [0.4, 0.5) is 11.4 Å². The SMILES string of the molecule is C[N+]1(CCCOCC(=O)N2CCCc3ccc(N)cc32)CCOCC1. The minimum atomic E-state index is 0.0262.